The quantitative estimate of drug-likeness (QED) is 0.422. The lowest BCUT2D eigenvalue weighted by atomic mass is 9.73. The minimum Gasteiger partial charge on any atom is -0.497 e. The molecule has 2 aromatic rings. The number of nitrogens with zero attached hydrogens (tertiary/aromatic N) is 3. The molecule has 2 bridgehead atoms. The largest absolute Gasteiger partial charge is 0.497 e. The van der Waals surface area contributed by atoms with Crippen LogP contribution in [0.1, 0.15) is 50.1 Å². The number of aromatic nitrogens is 1. The molecule has 1 aromatic carbocycles. The summed E-state index contributed by atoms with van der Waals surface area (Å²) in [5.74, 6) is 2.12. The van der Waals surface area contributed by atoms with Crippen LogP contribution < -0.4 is 15.4 Å². The monoisotopic (exact) mass is 507 g/mol. The second-order valence-corrected chi connectivity index (χ2v) is 11.5. The van der Waals surface area contributed by atoms with Crippen LogP contribution in [0.25, 0.3) is 10.9 Å². The van der Waals surface area contributed by atoms with Crippen LogP contribution in [-0.4, -0.2) is 72.3 Å². The third-order valence-corrected chi connectivity index (χ3v) is 9.09. The van der Waals surface area contributed by atoms with Crippen LogP contribution in [0.4, 0.5) is 0 Å². The highest BCUT2D eigenvalue weighted by molar-refractivity contribution is 7.80. The highest BCUT2D eigenvalue weighted by Crippen LogP contribution is 2.42. The van der Waals surface area contributed by atoms with Crippen molar-refractivity contribution >= 4 is 28.2 Å². The van der Waals surface area contributed by atoms with Gasteiger partial charge in [0.2, 0.25) is 0 Å². The molecule has 3 aliphatic heterocycles. The summed E-state index contributed by atoms with van der Waals surface area (Å²) < 4.78 is 5.58. The van der Waals surface area contributed by atoms with Crippen molar-refractivity contribution in [2.75, 3.05) is 34.3 Å². The van der Waals surface area contributed by atoms with Gasteiger partial charge in [0.15, 0.2) is 5.11 Å². The molecule has 1 saturated carbocycles. The molecular weight excluding hydrogens is 466 g/mol. The normalized spacial score (nSPS) is 30.7. The maximum Gasteiger partial charge on any atom is 0.167 e. The summed E-state index contributed by atoms with van der Waals surface area (Å²) in [6.07, 6.45) is 11.4. The standard InChI is InChI=1S/C29H41N5OS/c1-5-19-18-34-15-13-20(19)16-27(34)28(22-12-14-30-24-11-10-21(35-4)17-23(22)24)32-29(36)31-25-8-6-7-9-26(25)33(2)3/h5,10-12,14,17,19-20,25-28H,1,6-9,13,15-16,18H2,2-4H3,(H2,31,32,36)/t19-,20-,25-,26-,27-,28-/m0/s1. The van der Waals surface area contributed by atoms with E-state index in [-0.39, 0.29) is 6.04 Å². The van der Waals surface area contributed by atoms with Crippen LogP contribution in [0.3, 0.4) is 0 Å². The van der Waals surface area contributed by atoms with Gasteiger partial charge >= 0.3 is 0 Å². The number of piperidine rings is 3. The van der Waals surface area contributed by atoms with E-state index in [1.807, 2.05) is 12.3 Å². The van der Waals surface area contributed by atoms with Gasteiger partial charge in [-0.3, -0.25) is 9.88 Å². The lowest BCUT2D eigenvalue weighted by molar-refractivity contribution is 0.00423. The molecule has 0 amide bonds. The molecule has 1 aliphatic carbocycles. The molecule has 4 heterocycles. The first-order chi connectivity index (χ1) is 17.5. The Morgan fingerprint density at radius 1 is 1.25 bits per heavy atom. The fourth-order valence-corrected chi connectivity index (χ4v) is 7.18. The van der Waals surface area contributed by atoms with Gasteiger partial charge in [-0.05, 0) is 100 Å². The molecule has 1 aromatic heterocycles. The van der Waals surface area contributed by atoms with Crippen LogP contribution in [-0.2, 0) is 0 Å². The smallest absolute Gasteiger partial charge is 0.167 e. The Kier molecular flexibility index (Phi) is 7.79. The van der Waals surface area contributed by atoms with E-state index in [0.29, 0.717) is 30.0 Å². The van der Waals surface area contributed by atoms with Gasteiger partial charge in [0.1, 0.15) is 5.75 Å². The minimum absolute atomic E-state index is 0.0672. The van der Waals surface area contributed by atoms with Gasteiger partial charge in [-0.1, -0.05) is 18.9 Å². The van der Waals surface area contributed by atoms with E-state index in [4.69, 9.17) is 17.0 Å². The second-order valence-electron chi connectivity index (χ2n) is 11.0. The summed E-state index contributed by atoms with van der Waals surface area (Å²) in [4.78, 5) is 9.66. The first-order valence-electron chi connectivity index (χ1n) is 13.5. The van der Waals surface area contributed by atoms with Gasteiger partial charge < -0.3 is 20.3 Å². The van der Waals surface area contributed by atoms with Crippen molar-refractivity contribution in [3.05, 3.63) is 48.7 Å². The van der Waals surface area contributed by atoms with Crippen LogP contribution in [0.15, 0.2) is 43.1 Å². The summed E-state index contributed by atoms with van der Waals surface area (Å²) in [5.41, 5.74) is 2.22. The number of methoxy groups -OCH3 is 1. The third kappa shape index (κ3) is 5.11. The second kappa shape index (κ2) is 11.0. The Morgan fingerprint density at radius 3 is 2.81 bits per heavy atom. The first kappa shape index (κ1) is 25.4. The first-order valence-corrected chi connectivity index (χ1v) is 13.9. The number of likely N-dealkylation sites (N-methyl/N-ethyl adjacent to an activating group) is 1. The molecular formula is C29H41N5OS. The summed E-state index contributed by atoms with van der Waals surface area (Å²) in [6.45, 7) is 6.34. The summed E-state index contributed by atoms with van der Waals surface area (Å²) in [7, 11) is 6.09. The zero-order chi connectivity index (χ0) is 25.2. The number of fused-ring (bicyclic) bond motifs is 4. The van der Waals surface area contributed by atoms with Crippen molar-refractivity contribution in [1.82, 2.24) is 25.4 Å². The van der Waals surface area contributed by atoms with E-state index in [9.17, 15) is 0 Å². The van der Waals surface area contributed by atoms with Gasteiger partial charge in [-0.25, -0.2) is 0 Å². The zero-order valence-corrected chi connectivity index (χ0v) is 22.8. The van der Waals surface area contributed by atoms with Crippen LogP contribution in [0.5, 0.6) is 5.75 Å². The molecule has 4 fully saturated rings. The Morgan fingerprint density at radius 2 is 2.08 bits per heavy atom. The summed E-state index contributed by atoms with van der Waals surface area (Å²) >= 11 is 6.01. The molecule has 1 unspecified atom stereocenters. The van der Waals surface area contributed by atoms with E-state index in [0.717, 1.165) is 47.7 Å². The van der Waals surface area contributed by atoms with E-state index in [2.05, 4.69) is 70.4 Å². The number of ether oxygens (including phenoxy) is 1. The van der Waals surface area contributed by atoms with Gasteiger partial charge in [0, 0.05) is 36.3 Å². The maximum absolute atomic E-state index is 6.01. The highest BCUT2D eigenvalue weighted by Gasteiger charge is 2.43. The topological polar surface area (TPSA) is 52.7 Å². The predicted molar refractivity (Wildman–Crippen MR) is 151 cm³/mol. The molecule has 7 heteroatoms. The molecule has 6 nitrogen and oxygen atoms in total. The fraction of sp³-hybridized carbons (Fsp3) is 0.586. The van der Waals surface area contributed by atoms with Gasteiger partial charge in [-0.15, -0.1) is 6.58 Å². The number of hydrogen-bond donors (Lipinski definition) is 2. The average molecular weight is 508 g/mol. The molecule has 2 N–H and O–H groups in total. The van der Waals surface area contributed by atoms with Gasteiger partial charge in [0.05, 0.1) is 18.7 Å². The lowest BCUT2D eigenvalue weighted by Gasteiger charge is -2.52. The molecule has 0 radical (unpaired) electrons. The zero-order valence-electron chi connectivity index (χ0n) is 22.0. The van der Waals surface area contributed by atoms with Crippen molar-refractivity contribution in [3.8, 4) is 5.75 Å². The number of nitrogens with one attached hydrogen (secondary N) is 2. The Balaban J connectivity index is 1.46. The van der Waals surface area contributed by atoms with Gasteiger partial charge in [0.25, 0.3) is 0 Å². The van der Waals surface area contributed by atoms with Crippen molar-refractivity contribution in [2.24, 2.45) is 11.8 Å². The van der Waals surface area contributed by atoms with E-state index < -0.39 is 0 Å². The third-order valence-electron chi connectivity index (χ3n) is 8.85. The maximum atomic E-state index is 6.01. The minimum atomic E-state index is 0.0672. The van der Waals surface area contributed by atoms with Gasteiger partial charge in [-0.2, -0.15) is 0 Å². The van der Waals surface area contributed by atoms with Crippen LogP contribution in [0, 0.1) is 11.8 Å². The average Bonchev–Trinajstić information content (AvgIpc) is 2.91. The van der Waals surface area contributed by atoms with E-state index >= 15 is 0 Å². The van der Waals surface area contributed by atoms with Crippen molar-refractivity contribution in [1.29, 1.82) is 0 Å². The Hall–Kier alpha value is -2.22. The molecule has 0 spiro atoms. The predicted octanol–water partition coefficient (Wildman–Crippen LogP) is 4.52. The lowest BCUT2D eigenvalue weighted by Crippen LogP contribution is -2.59. The van der Waals surface area contributed by atoms with E-state index in [1.165, 1.54) is 31.2 Å². The highest BCUT2D eigenvalue weighted by atomic mass is 32.1. The fourth-order valence-electron chi connectivity index (χ4n) is 6.90. The number of hydrogen-bond acceptors (Lipinski definition) is 5. The number of thiocarbonyl (C=S) groups is 1. The number of rotatable bonds is 7. The number of pyridine rings is 1. The molecule has 4 aliphatic rings. The Labute approximate surface area is 221 Å². The summed E-state index contributed by atoms with van der Waals surface area (Å²) in [5, 5.41) is 9.44. The summed E-state index contributed by atoms with van der Waals surface area (Å²) in [6, 6.07) is 9.64. The SMILES string of the molecule is C=C[C@H]1CN2CC[C@H]1C[C@H]2[C@@H](NC(=S)N[C@H]1CCCC[C@@H]1N(C)C)c1ccnc2ccc(OC)cc12. The van der Waals surface area contributed by atoms with E-state index in [1.54, 1.807) is 7.11 Å². The van der Waals surface area contributed by atoms with Crippen molar-refractivity contribution in [2.45, 2.75) is 62.7 Å². The van der Waals surface area contributed by atoms with Crippen molar-refractivity contribution < 1.29 is 4.74 Å². The molecule has 194 valence electrons. The molecule has 36 heavy (non-hydrogen) atoms. The molecule has 3 saturated heterocycles. The Bertz CT molecular complexity index is 1090. The van der Waals surface area contributed by atoms with Crippen molar-refractivity contribution in [3.63, 3.8) is 0 Å². The van der Waals surface area contributed by atoms with Crippen LogP contribution >= 0.6 is 12.2 Å². The number of benzene rings is 1. The molecule has 6 rings (SSSR count). The van der Waals surface area contributed by atoms with Crippen LogP contribution in [0.2, 0.25) is 0 Å². The molecule has 7 atom stereocenters.